The van der Waals surface area contributed by atoms with Gasteiger partial charge in [-0.15, -0.1) is 0 Å². The number of anilines is 2. The summed E-state index contributed by atoms with van der Waals surface area (Å²) >= 11 is 0. The van der Waals surface area contributed by atoms with Crippen LogP contribution in [-0.4, -0.2) is 22.4 Å². The van der Waals surface area contributed by atoms with E-state index in [0.717, 1.165) is 12.0 Å². The number of aromatic nitrogens is 2. The molecular formula is C20H19FN4O. The number of rotatable bonds is 6. The molecule has 1 heterocycles. The van der Waals surface area contributed by atoms with Crippen LogP contribution in [0.1, 0.15) is 21.7 Å². The standard InChI is InChI=1S/C20H19FN4O/c1-14-12-18(19(26)22-11-10-15-6-3-2-4-7-15)25-20(23-14)24-17-9-5-8-16(21)13-17/h2-9,12-13H,10-11H2,1H3,(H,22,26)(H,23,24,25). The van der Waals surface area contributed by atoms with E-state index in [9.17, 15) is 9.18 Å². The number of nitrogens with zero attached hydrogens (tertiary/aromatic N) is 2. The van der Waals surface area contributed by atoms with Crippen LogP contribution in [0.3, 0.4) is 0 Å². The van der Waals surface area contributed by atoms with Crippen LogP contribution in [-0.2, 0) is 6.42 Å². The molecule has 0 saturated heterocycles. The molecule has 3 rings (SSSR count). The summed E-state index contributed by atoms with van der Waals surface area (Å²) in [6.07, 6.45) is 0.741. The zero-order chi connectivity index (χ0) is 18.4. The van der Waals surface area contributed by atoms with Crippen LogP contribution in [0.25, 0.3) is 0 Å². The fourth-order valence-corrected chi connectivity index (χ4v) is 2.49. The molecule has 5 nitrogen and oxygen atoms in total. The van der Waals surface area contributed by atoms with Crippen LogP contribution in [0.2, 0.25) is 0 Å². The maximum Gasteiger partial charge on any atom is 0.270 e. The van der Waals surface area contributed by atoms with Gasteiger partial charge in [0, 0.05) is 17.9 Å². The predicted octanol–water partition coefficient (Wildman–Crippen LogP) is 3.64. The van der Waals surface area contributed by atoms with Crippen LogP contribution in [0.5, 0.6) is 0 Å². The van der Waals surface area contributed by atoms with Gasteiger partial charge in [0.25, 0.3) is 5.91 Å². The number of amides is 1. The van der Waals surface area contributed by atoms with E-state index in [2.05, 4.69) is 20.6 Å². The van der Waals surface area contributed by atoms with Crippen molar-refractivity contribution in [2.24, 2.45) is 0 Å². The Bertz CT molecular complexity index is 899. The first-order chi connectivity index (χ1) is 12.6. The lowest BCUT2D eigenvalue weighted by atomic mass is 10.1. The van der Waals surface area contributed by atoms with Crippen LogP contribution in [0.15, 0.2) is 60.7 Å². The minimum absolute atomic E-state index is 0.254. The molecule has 2 aromatic carbocycles. The number of nitrogens with one attached hydrogen (secondary N) is 2. The normalized spacial score (nSPS) is 10.4. The predicted molar refractivity (Wildman–Crippen MR) is 98.9 cm³/mol. The molecule has 0 aliphatic rings. The van der Waals surface area contributed by atoms with Gasteiger partial charge < -0.3 is 10.6 Å². The van der Waals surface area contributed by atoms with Gasteiger partial charge in [0.15, 0.2) is 0 Å². The van der Waals surface area contributed by atoms with E-state index in [1.165, 1.54) is 12.1 Å². The van der Waals surface area contributed by atoms with Gasteiger partial charge in [-0.1, -0.05) is 36.4 Å². The smallest absolute Gasteiger partial charge is 0.270 e. The van der Waals surface area contributed by atoms with Crippen molar-refractivity contribution in [1.82, 2.24) is 15.3 Å². The zero-order valence-electron chi connectivity index (χ0n) is 14.4. The molecule has 0 radical (unpaired) electrons. The molecule has 0 aliphatic carbocycles. The molecule has 6 heteroatoms. The Morgan fingerprint density at radius 1 is 1.04 bits per heavy atom. The number of halogens is 1. The molecule has 0 atom stereocenters. The van der Waals surface area contributed by atoms with Crippen molar-refractivity contribution in [1.29, 1.82) is 0 Å². The highest BCUT2D eigenvalue weighted by molar-refractivity contribution is 5.92. The van der Waals surface area contributed by atoms with E-state index in [-0.39, 0.29) is 23.4 Å². The molecule has 0 aliphatic heterocycles. The Kier molecular flexibility index (Phi) is 5.53. The number of hydrogen-bond donors (Lipinski definition) is 2. The first-order valence-corrected chi connectivity index (χ1v) is 8.30. The number of benzene rings is 2. The molecule has 0 saturated carbocycles. The molecule has 132 valence electrons. The Morgan fingerprint density at radius 2 is 1.85 bits per heavy atom. The topological polar surface area (TPSA) is 66.9 Å². The quantitative estimate of drug-likeness (QED) is 0.712. The van der Waals surface area contributed by atoms with Crippen LogP contribution >= 0.6 is 0 Å². The summed E-state index contributed by atoms with van der Waals surface area (Å²) < 4.78 is 13.3. The maximum absolute atomic E-state index is 13.3. The van der Waals surface area contributed by atoms with Gasteiger partial charge in [-0.2, -0.15) is 0 Å². The van der Waals surface area contributed by atoms with Gasteiger partial charge in [-0.3, -0.25) is 4.79 Å². The van der Waals surface area contributed by atoms with E-state index >= 15 is 0 Å². The average Bonchev–Trinajstić information content (AvgIpc) is 2.62. The largest absolute Gasteiger partial charge is 0.350 e. The lowest BCUT2D eigenvalue weighted by Gasteiger charge is -2.09. The lowest BCUT2D eigenvalue weighted by Crippen LogP contribution is -2.27. The van der Waals surface area contributed by atoms with Gasteiger partial charge in [-0.05, 0) is 43.2 Å². The Hall–Kier alpha value is -3.28. The highest BCUT2D eigenvalue weighted by Gasteiger charge is 2.10. The molecule has 1 amide bonds. The summed E-state index contributed by atoms with van der Waals surface area (Å²) in [5, 5.41) is 5.78. The van der Waals surface area contributed by atoms with Gasteiger partial charge in [0.2, 0.25) is 5.95 Å². The van der Waals surface area contributed by atoms with Crippen molar-refractivity contribution in [2.75, 3.05) is 11.9 Å². The van der Waals surface area contributed by atoms with Crippen molar-refractivity contribution in [3.63, 3.8) is 0 Å². The van der Waals surface area contributed by atoms with Crippen LogP contribution < -0.4 is 10.6 Å². The maximum atomic E-state index is 13.3. The summed E-state index contributed by atoms with van der Waals surface area (Å²) in [5.41, 5.74) is 2.59. The Balaban J connectivity index is 1.65. The third-order valence-electron chi connectivity index (χ3n) is 3.71. The molecule has 0 bridgehead atoms. The highest BCUT2D eigenvalue weighted by atomic mass is 19.1. The minimum Gasteiger partial charge on any atom is -0.350 e. The second-order valence-electron chi connectivity index (χ2n) is 5.85. The van der Waals surface area contributed by atoms with Gasteiger partial charge in [-0.25, -0.2) is 14.4 Å². The monoisotopic (exact) mass is 350 g/mol. The first kappa shape index (κ1) is 17.5. The molecule has 1 aromatic heterocycles. The molecule has 0 unspecified atom stereocenters. The molecule has 0 fully saturated rings. The van der Waals surface area contributed by atoms with Gasteiger partial charge >= 0.3 is 0 Å². The van der Waals surface area contributed by atoms with E-state index in [1.807, 2.05) is 30.3 Å². The molecule has 0 spiro atoms. The Morgan fingerprint density at radius 3 is 2.62 bits per heavy atom. The second kappa shape index (κ2) is 8.20. The zero-order valence-corrected chi connectivity index (χ0v) is 14.4. The third-order valence-corrected chi connectivity index (χ3v) is 3.71. The fraction of sp³-hybridized carbons (Fsp3) is 0.150. The first-order valence-electron chi connectivity index (χ1n) is 8.30. The third kappa shape index (κ3) is 4.86. The van der Waals surface area contributed by atoms with Crippen LogP contribution in [0, 0.1) is 12.7 Å². The lowest BCUT2D eigenvalue weighted by molar-refractivity contribution is 0.0949. The van der Waals surface area contributed by atoms with Crippen molar-refractivity contribution in [2.45, 2.75) is 13.3 Å². The second-order valence-corrected chi connectivity index (χ2v) is 5.85. The van der Waals surface area contributed by atoms with E-state index in [4.69, 9.17) is 0 Å². The van der Waals surface area contributed by atoms with Gasteiger partial charge in [0.05, 0.1) is 0 Å². The fourth-order valence-electron chi connectivity index (χ4n) is 2.49. The number of carbonyl (C=O) groups excluding carboxylic acids is 1. The SMILES string of the molecule is Cc1cc(C(=O)NCCc2ccccc2)nc(Nc2cccc(F)c2)n1. The number of hydrogen-bond acceptors (Lipinski definition) is 4. The van der Waals surface area contributed by atoms with Crippen molar-refractivity contribution in [3.05, 3.63) is 83.4 Å². The molecular weight excluding hydrogens is 331 g/mol. The molecule has 3 aromatic rings. The van der Waals surface area contributed by atoms with E-state index < -0.39 is 0 Å². The van der Waals surface area contributed by atoms with Crippen LogP contribution in [0.4, 0.5) is 16.0 Å². The van der Waals surface area contributed by atoms with E-state index in [0.29, 0.717) is 17.9 Å². The van der Waals surface area contributed by atoms with Crippen molar-refractivity contribution >= 4 is 17.5 Å². The summed E-state index contributed by atoms with van der Waals surface area (Å²) in [4.78, 5) is 20.8. The summed E-state index contributed by atoms with van der Waals surface area (Å²) in [7, 11) is 0. The Labute approximate surface area is 151 Å². The van der Waals surface area contributed by atoms with Crippen molar-refractivity contribution < 1.29 is 9.18 Å². The number of aryl methyl sites for hydroxylation is 1. The molecule has 26 heavy (non-hydrogen) atoms. The summed E-state index contributed by atoms with van der Waals surface area (Å²) in [5.74, 6) is -0.376. The average molecular weight is 350 g/mol. The van der Waals surface area contributed by atoms with E-state index in [1.54, 1.807) is 25.1 Å². The minimum atomic E-state index is -0.360. The van der Waals surface area contributed by atoms with Gasteiger partial charge in [0.1, 0.15) is 11.5 Å². The highest BCUT2D eigenvalue weighted by Crippen LogP contribution is 2.15. The summed E-state index contributed by atoms with van der Waals surface area (Å²) in [6, 6.07) is 17.5. The number of carbonyl (C=O) groups is 1. The summed E-state index contributed by atoms with van der Waals surface area (Å²) in [6.45, 7) is 2.29. The van der Waals surface area contributed by atoms with Crippen molar-refractivity contribution in [3.8, 4) is 0 Å². The molecule has 2 N–H and O–H groups in total.